The minimum Gasteiger partial charge on any atom is -0.420 e. The van der Waals surface area contributed by atoms with Gasteiger partial charge in [0.1, 0.15) is 5.38 Å². The van der Waals surface area contributed by atoms with Crippen LogP contribution in [0.1, 0.15) is 16.8 Å². The van der Waals surface area contributed by atoms with Gasteiger partial charge in [-0.2, -0.15) is 6.07 Å². The first-order chi connectivity index (χ1) is 14.3. The molecular formula is C24H18N3OS-. The zero-order chi connectivity index (χ0) is 19.6. The number of fused-ring (bicyclic) bond motifs is 1. The minimum atomic E-state index is 0.194. The van der Waals surface area contributed by atoms with E-state index in [1.165, 1.54) is 16.9 Å². The lowest BCUT2D eigenvalue weighted by Crippen LogP contribution is -2.32. The highest BCUT2D eigenvalue weighted by Gasteiger charge is 2.16. The van der Waals surface area contributed by atoms with Gasteiger partial charge >= 0.3 is 0 Å². The van der Waals surface area contributed by atoms with Crippen LogP contribution in [0.15, 0.2) is 90.7 Å². The van der Waals surface area contributed by atoms with E-state index in [4.69, 9.17) is 0 Å². The molecule has 5 rings (SSSR count). The Balaban J connectivity index is 1.52. The van der Waals surface area contributed by atoms with Gasteiger partial charge in [0.25, 0.3) is 0 Å². The van der Waals surface area contributed by atoms with E-state index in [2.05, 4.69) is 32.7 Å². The van der Waals surface area contributed by atoms with Crippen LogP contribution in [0.4, 0.5) is 0 Å². The molecule has 1 N–H and O–H groups in total. The number of hydrogen-bond donors (Lipinski definition) is 1. The molecule has 0 unspecified atom stereocenters. The van der Waals surface area contributed by atoms with Crippen LogP contribution in [0.5, 0.6) is 0 Å². The molecule has 29 heavy (non-hydrogen) atoms. The first-order valence-electron chi connectivity index (χ1n) is 9.34. The molecule has 142 valence electrons. The van der Waals surface area contributed by atoms with Crippen molar-refractivity contribution in [3.05, 3.63) is 114 Å². The lowest BCUT2D eigenvalue weighted by molar-refractivity contribution is -0.660. The van der Waals surface area contributed by atoms with E-state index >= 15 is 0 Å². The van der Waals surface area contributed by atoms with E-state index in [-0.39, 0.29) is 6.10 Å². The molecule has 0 aliphatic carbocycles. The second-order valence-corrected chi connectivity index (χ2v) is 7.66. The third-order valence-electron chi connectivity index (χ3n) is 4.89. The van der Waals surface area contributed by atoms with Gasteiger partial charge in [-0.25, -0.2) is 0 Å². The Morgan fingerprint density at radius 3 is 2.72 bits per heavy atom. The summed E-state index contributed by atoms with van der Waals surface area (Å²) in [5, 5.41) is 14.8. The van der Waals surface area contributed by atoms with Gasteiger partial charge in [0.05, 0.1) is 11.7 Å². The molecule has 0 fully saturated rings. The van der Waals surface area contributed by atoms with Crippen LogP contribution in [0.3, 0.4) is 0 Å². The third kappa shape index (κ3) is 3.42. The average Bonchev–Trinajstić information content (AvgIpc) is 3.41. The van der Waals surface area contributed by atoms with Crippen molar-refractivity contribution < 1.29 is 9.67 Å². The van der Waals surface area contributed by atoms with Gasteiger partial charge < -0.3 is 10.1 Å². The van der Waals surface area contributed by atoms with Crippen LogP contribution >= 0.6 is 11.3 Å². The summed E-state index contributed by atoms with van der Waals surface area (Å²) in [4.78, 5) is 8.79. The Morgan fingerprint density at radius 1 is 1.03 bits per heavy atom. The number of pyridine rings is 1. The first-order valence-corrected chi connectivity index (χ1v) is 10.2. The minimum absolute atomic E-state index is 0.194. The molecule has 3 heterocycles. The van der Waals surface area contributed by atoms with Crippen molar-refractivity contribution >= 4 is 22.2 Å². The highest BCUT2D eigenvalue weighted by Crippen LogP contribution is 2.31. The van der Waals surface area contributed by atoms with Crippen molar-refractivity contribution in [1.82, 2.24) is 9.97 Å². The number of para-hydroxylation sites is 1. The number of thiazole rings is 1. The molecule has 0 spiro atoms. The van der Waals surface area contributed by atoms with Crippen LogP contribution in [-0.4, -0.2) is 15.1 Å². The lowest BCUT2D eigenvalue weighted by Gasteiger charge is -2.15. The van der Waals surface area contributed by atoms with Crippen molar-refractivity contribution in [3.8, 4) is 10.6 Å². The van der Waals surface area contributed by atoms with Crippen LogP contribution in [0.2, 0.25) is 0 Å². The number of aliphatic hydroxyl groups excluding tert-OH is 1. The molecule has 0 radical (unpaired) electrons. The highest BCUT2D eigenvalue weighted by atomic mass is 32.1. The van der Waals surface area contributed by atoms with Crippen molar-refractivity contribution in [2.45, 2.75) is 6.54 Å². The normalized spacial score (nSPS) is 11.1. The maximum atomic E-state index is 11.1. The highest BCUT2D eigenvalue weighted by molar-refractivity contribution is 7.13. The molecule has 0 amide bonds. The largest absolute Gasteiger partial charge is 0.420 e. The molecule has 5 aromatic rings. The van der Waals surface area contributed by atoms with Crippen molar-refractivity contribution in [2.24, 2.45) is 0 Å². The molecular weight excluding hydrogens is 378 g/mol. The fourth-order valence-electron chi connectivity index (χ4n) is 3.49. The Morgan fingerprint density at radius 2 is 1.90 bits per heavy atom. The molecule has 4 nitrogen and oxygen atoms in total. The molecule has 3 aromatic heterocycles. The second-order valence-electron chi connectivity index (χ2n) is 6.80. The van der Waals surface area contributed by atoms with E-state index < -0.39 is 0 Å². The summed E-state index contributed by atoms with van der Waals surface area (Å²) in [6.07, 6.45) is 5.73. The van der Waals surface area contributed by atoms with Gasteiger partial charge in [-0.15, -0.1) is 29.1 Å². The molecule has 0 bridgehead atoms. The first kappa shape index (κ1) is 17.7. The summed E-state index contributed by atoms with van der Waals surface area (Å²) < 4.78 is 2.17. The van der Waals surface area contributed by atoms with E-state index in [0.717, 1.165) is 33.6 Å². The summed E-state index contributed by atoms with van der Waals surface area (Å²) in [5.41, 5.74) is 4.62. The molecule has 0 aliphatic heterocycles. The number of nitrogens with zero attached hydrogens (tertiary/aromatic N) is 3. The van der Waals surface area contributed by atoms with Crippen LogP contribution in [0.25, 0.3) is 21.5 Å². The average molecular weight is 396 g/mol. The number of hydrogen-bond acceptors (Lipinski definition) is 3. The summed E-state index contributed by atoms with van der Waals surface area (Å²) in [5.74, 6) is 0. The quantitative estimate of drug-likeness (QED) is 0.266. The molecule has 0 saturated heterocycles. The summed E-state index contributed by atoms with van der Waals surface area (Å²) in [7, 11) is 0. The summed E-state index contributed by atoms with van der Waals surface area (Å²) in [6, 6.07) is 22.3. The standard InChI is InChI=1S/C24H18N3OS/c28-23(21-16-29-24(26-21)18-9-6-12-25-13-18)20-15-27(14-17-7-2-1-3-8-17)22-11-5-4-10-19(20)22/h1-13,15-16,28H,14H2/q-1. The van der Waals surface area contributed by atoms with Crippen molar-refractivity contribution in [2.75, 3.05) is 0 Å². The maximum Gasteiger partial charge on any atom is 0.250 e. The van der Waals surface area contributed by atoms with E-state index in [0.29, 0.717) is 5.69 Å². The number of aliphatic hydroxyl groups is 1. The van der Waals surface area contributed by atoms with Crippen molar-refractivity contribution in [3.63, 3.8) is 0 Å². The van der Waals surface area contributed by atoms with E-state index in [9.17, 15) is 5.11 Å². The SMILES string of the molecule is O[C-](c1c[s+][c-](-c2cccnc2)n1)c1c[n+](Cc2ccccc2)[c-]2ccccc12. The molecule has 0 atom stereocenters. The molecule has 0 saturated carbocycles. The maximum absolute atomic E-state index is 11.1. The van der Waals surface area contributed by atoms with Crippen molar-refractivity contribution in [1.29, 1.82) is 0 Å². The number of aromatic nitrogens is 3. The molecule has 2 aromatic carbocycles. The summed E-state index contributed by atoms with van der Waals surface area (Å²) in [6.45, 7) is 0.743. The van der Waals surface area contributed by atoms with E-state index in [1.807, 2.05) is 60.1 Å². The fraction of sp³-hybridized carbons (Fsp3) is 0.0417. The zero-order valence-corrected chi connectivity index (χ0v) is 16.4. The number of rotatable bonds is 5. The van der Waals surface area contributed by atoms with Crippen LogP contribution < -0.4 is 4.57 Å². The van der Waals surface area contributed by atoms with Crippen LogP contribution in [0, 0.1) is 6.10 Å². The summed E-state index contributed by atoms with van der Waals surface area (Å²) >= 11 is 1.50. The Hall–Kier alpha value is -3.41. The van der Waals surface area contributed by atoms with Gasteiger partial charge in [-0.3, -0.25) is 9.55 Å². The number of benzene rings is 2. The van der Waals surface area contributed by atoms with Gasteiger partial charge in [0, 0.05) is 17.5 Å². The zero-order valence-electron chi connectivity index (χ0n) is 15.6. The van der Waals surface area contributed by atoms with Gasteiger partial charge in [0.15, 0.2) is 17.9 Å². The fourth-order valence-corrected chi connectivity index (χ4v) is 4.28. The lowest BCUT2D eigenvalue weighted by atomic mass is 10.1. The van der Waals surface area contributed by atoms with Gasteiger partial charge in [0.2, 0.25) is 5.01 Å². The van der Waals surface area contributed by atoms with E-state index in [1.54, 1.807) is 12.4 Å². The third-order valence-corrected chi connectivity index (χ3v) is 5.79. The smallest absolute Gasteiger partial charge is 0.250 e. The van der Waals surface area contributed by atoms with Gasteiger partial charge in [-0.1, -0.05) is 42.5 Å². The molecule has 5 heteroatoms. The Kier molecular flexibility index (Phi) is 4.60. The Labute approximate surface area is 172 Å². The Bertz CT molecular complexity index is 1250. The monoisotopic (exact) mass is 396 g/mol. The molecule has 0 aliphatic rings. The predicted octanol–water partition coefficient (Wildman–Crippen LogP) is 4.71. The van der Waals surface area contributed by atoms with Gasteiger partial charge in [-0.05, 0) is 17.9 Å². The second kappa shape index (κ2) is 7.54. The predicted molar refractivity (Wildman–Crippen MR) is 114 cm³/mol. The van der Waals surface area contributed by atoms with Crippen LogP contribution in [-0.2, 0) is 6.54 Å². The topological polar surface area (TPSA) is 49.9 Å².